The first-order valence-corrected chi connectivity index (χ1v) is 11.6. The first-order chi connectivity index (χ1) is 15.7. The van der Waals surface area contributed by atoms with E-state index in [2.05, 4.69) is 16.0 Å². The standard InChI is InChI=1S/C24H27Cl2N3O4/c1-13-7-6-10-17(25)20(13)29-24(33)27-19-11-14(2)18(26)12-16(19)22(30)28-21(23(31)32)15-8-4-3-5-9-15/h6-7,10-12,15,21H,3-5,8-9H2,1-2H3,(H,28,30)(H,31,32)(H2,27,29,33)/t21-/m0/s1. The summed E-state index contributed by atoms with van der Waals surface area (Å²) in [5.41, 5.74) is 2.18. The molecular formula is C24H27Cl2N3O4. The zero-order chi connectivity index (χ0) is 24.1. The second kappa shape index (κ2) is 10.9. The van der Waals surface area contributed by atoms with E-state index < -0.39 is 23.9 Å². The van der Waals surface area contributed by atoms with Crippen molar-refractivity contribution < 1.29 is 19.5 Å². The minimum atomic E-state index is -1.07. The number of carbonyl (C=O) groups is 3. The van der Waals surface area contributed by atoms with Gasteiger partial charge >= 0.3 is 12.0 Å². The van der Waals surface area contributed by atoms with Crippen LogP contribution in [0.15, 0.2) is 30.3 Å². The summed E-state index contributed by atoms with van der Waals surface area (Å²) in [5, 5.41) is 18.4. The quantitative estimate of drug-likeness (QED) is 0.396. The van der Waals surface area contributed by atoms with Crippen molar-refractivity contribution in [2.75, 3.05) is 10.6 Å². The SMILES string of the molecule is Cc1cc(NC(=O)Nc2c(C)cccc2Cl)c(C(=O)N[C@H](C(=O)O)C2CCCCC2)cc1Cl. The van der Waals surface area contributed by atoms with E-state index in [9.17, 15) is 19.5 Å². The third-order valence-corrected chi connectivity index (χ3v) is 6.65. The van der Waals surface area contributed by atoms with Crippen molar-refractivity contribution in [2.45, 2.75) is 52.0 Å². The monoisotopic (exact) mass is 491 g/mol. The smallest absolute Gasteiger partial charge is 0.326 e. The molecule has 1 atom stereocenters. The Hall–Kier alpha value is -2.77. The summed E-state index contributed by atoms with van der Waals surface area (Å²) in [6.07, 6.45) is 4.44. The van der Waals surface area contributed by atoms with Crippen LogP contribution in [0.1, 0.15) is 53.6 Å². The zero-order valence-corrected chi connectivity index (χ0v) is 20.0. The summed E-state index contributed by atoms with van der Waals surface area (Å²) in [7, 11) is 0. The summed E-state index contributed by atoms with van der Waals surface area (Å²) in [5.74, 6) is -1.82. The van der Waals surface area contributed by atoms with Gasteiger partial charge in [0.1, 0.15) is 6.04 Å². The predicted molar refractivity (Wildman–Crippen MR) is 130 cm³/mol. The Bertz CT molecular complexity index is 1050. The number of para-hydroxylation sites is 1. The molecule has 1 aliphatic rings. The Morgan fingerprint density at radius 1 is 0.970 bits per heavy atom. The van der Waals surface area contributed by atoms with Crippen molar-refractivity contribution in [3.05, 3.63) is 57.1 Å². The van der Waals surface area contributed by atoms with Gasteiger partial charge in [0, 0.05) is 5.02 Å². The third kappa shape index (κ3) is 6.18. The highest BCUT2D eigenvalue weighted by Crippen LogP contribution is 2.29. The summed E-state index contributed by atoms with van der Waals surface area (Å²) >= 11 is 12.4. The van der Waals surface area contributed by atoms with Gasteiger partial charge < -0.3 is 21.1 Å². The number of halogens is 2. The van der Waals surface area contributed by atoms with Crippen LogP contribution < -0.4 is 16.0 Å². The second-order valence-electron chi connectivity index (χ2n) is 8.35. The summed E-state index contributed by atoms with van der Waals surface area (Å²) in [6, 6.07) is 6.65. The van der Waals surface area contributed by atoms with Crippen molar-refractivity contribution in [3.8, 4) is 0 Å². The maximum atomic E-state index is 13.1. The van der Waals surface area contributed by atoms with Crippen LogP contribution >= 0.6 is 23.2 Å². The van der Waals surface area contributed by atoms with E-state index in [0.29, 0.717) is 21.3 Å². The van der Waals surface area contributed by atoms with Crippen LogP contribution in [0.25, 0.3) is 0 Å². The first-order valence-electron chi connectivity index (χ1n) is 10.8. The average Bonchev–Trinajstić information content (AvgIpc) is 2.77. The number of benzene rings is 2. The van der Waals surface area contributed by atoms with Gasteiger partial charge in [-0.05, 0) is 61.9 Å². The number of nitrogens with one attached hydrogen (secondary N) is 3. The van der Waals surface area contributed by atoms with Gasteiger partial charge in [-0.25, -0.2) is 9.59 Å². The third-order valence-electron chi connectivity index (χ3n) is 5.93. The van der Waals surface area contributed by atoms with Crippen LogP contribution in [0.2, 0.25) is 10.0 Å². The topological polar surface area (TPSA) is 108 Å². The van der Waals surface area contributed by atoms with Crippen LogP contribution in [0, 0.1) is 19.8 Å². The molecule has 33 heavy (non-hydrogen) atoms. The van der Waals surface area contributed by atoms with Gasteiger partial charge in [-0.2, -0.15) is 0 Å². The van der Waals surface area contributed by atoms with Crippen LogP contribution in [-0.2, 0) is 4.79 Å². The van der Waals surface area contributed by atoms with Gasteiger partial charge in [-0.15, -0.1) is 0 Å². The molecule has 2 aromatic rings. The Balaban J connectivity index is 1.83. The molecule has 176 valence electrons. The number of hydrogen-bond donors (Lipinski definition) is 4. The number of anilines is 2. The Labute approximate surface area is 202 Å². The lowest BCUT2D eigenvalue weighted by Crippen LogP contribution is -2.46. The Kier molecular flexibility index (Phi) is 8.21. The lowest BCUT2D eigenvalue weighted by molar-refractivity contribution is -0.141. The number of carboxylic acids is 1. The van der Waals surface area contributed by atoms with E-state index in [0.717, 1.165) is 37.7 Å². The molecule has 2 aromatic carbocycles. The molecule has 1 aliphatic carbocycles. The molecule has 0 heterocycles. The molecule has 0 radical (unpaired) electrons. The highest BCUT2D eigenvalue weighted by atomic mass is 35.5. The molecule has 0 aliphatic heterocycles. The van der Waals surface area contributed by atoms with Crippen LogP contribution in [0.3, 0.4) is 0 Å². The van der Waals surface area contributed by atoms with E-state index >= 15 is 0 Å². The minimum Gasteiger partial charge on any atom is -0.480 e. The molecule has 1 saturated carbocycles. The first kappa shape index (κ1) is 24.9. The number of carbonyl (C=O) groups excluding carboxylic acids is 2. The summed E-state index contributed by atoms with van der Waals surface area (Å²) in [4.78, 5) is 37.7. The molecule has 0 saturated heterocycles. The number of rotatable bonds is 6. The number of hydrogen-bond acceptors (Lipinski definition) is 3. The van der Waals surface area contributed by atoms with Gasteiger partial charge in [0.05, 0.1) is 22.0 Å². The summed E-state index contributed by atoms with van der Waals surface area (Å²) in [6.45, 7) is 3.55. The molecule has 4 N–H and O–H groups in total. The fraction of sp³-hybridized carbons (Fsp3) is 0.375. The van der Waals surface area contributed by atoms with E-state index in [-0.39, 0.29) is 17.2 Å². The number of urea groups is 1. The second-order valence-corrected chi connectivity index (χ2v) is 9.16. The van der Waals surface area contributed by atoms with E-state index in [1.807, 2.05) is 13.0 Å². The maximum absolute atomic E-state index is 13.1. The molecule has 1 fully saturated rings. The van der Waals surface area contributed by atoms with Gasteiger partial charge in [0.25, 0.3) is 5.91 Å². The van der Waals surface area contributed by atoms with Crippen molar-refractivity contribution >= 4 is 52.5 Å². The van der Waals surface area contributed by atoms with Crippen molar-refractivity contribution in [3.63, 3.8) is 0 Å². The number of carboxylic acid groups (broad SMARTS) is 1. The van der Waals surface area contributed by atoms with Gasteiger partial charge in [-0.3, -0.25) is 4.79 Å². The van der Waals surface area contributed by atoms with E-state index in [4.69, 9.17) is 23.2 Å². The van der Waals surface area contributed by atoms with Gasteiger partial charge in [0.15, 0.2) is 0 Å². The fourth-order valence-electron chi connectivity index (χ4n) is 4.10. The molecule has 7 nitrogen and oxygen atoms in total. The zero-order valence-electron chi connectivity index (χ0n) is 18.5. The normalized spacial score (nSPS) is 14.9. The largest absolute Gasteiger partial charge is 0.480 e. The minimum absolute atomic E-state index is 0.0821. The highest BCUT2D eigenvalue weighted by molar-refractivity contribution is 6.34. The van der Waals surface area contributed by atoms with Crippen molar-refractivity contribution in [1.82, 2.24) is 5.32 Å². The van der Waals surface area contributed by atoms with Gasteiger partial charge in [-0.1, -0.05) is 54.6 Å². The van der Waals surface area contributed by atoms with Crippen molar-refractivity contribution in [2.24, 2.45) is 5.92 Å². The Morgan fingerprint density at radius 3 is 2.30 bits per heavy atom. The molecule has 0 spiro atoms. The predicted octanol–water partition coefficient (Wildman–Crippen LogP) is 6.02. The van der Waals surface area contributed by atoms with Crippen LogP contribution in [0.4, 0.5) is 16.2 Å². The van der Waals surface area contributed by atoms with Crippen LogP contribution in [-0.4, -0.2) is 29.1 Å². The molecular weight excluding hydrogens is 465 g/mol. The van der Waals surface area contributed by atoms with Crippen molar-refractivity contribution in [1.29, 1.82) is 0 Å². The van der Waals surface area contributed by atoms with E-state index in [1.165, 1.54) is 6.07 Å². The summed E-state index contributed by atoms with van der Waals surface area (Å²) < 4.78 is 0. The molecule has 3 amide bonds. The highest BCUT2D eigenvalue weighted by Gasteiger charge is 2.31. The van der Waals surface area contributed by atoms with Gasteiger partial charge in [0.2, 0.25) is 0 Å². The molecule has 0 unspecified atom stereocenters. The number of aliphatic carboxylic acids is 1. The van der Waals surface area contributed by atoms with Crippen LogP contribution in [0.5, 0.6) is 0 Å². The molecule has 0 bridgehead atoms. The number of aryl methyl sites for hydroxylation is 2. The molecule has 0 aromatic heterocycles. The lowest BCUT2D eigenvalue weighted by Gasteiger charge is -2.28. The van der Waals surface area contributed by atoms with E-state index in [1.54, 1.807) is 25.1 Å². The Morgan fingerprint density at radius 2 is 1.67 bits per heavy atom. The number of amides is 3. The molecule has 9 heteroatoms. The lowest BCUT2D eigenvalue weighted by atomic mass is 9.83. The fourth-order valence-corrected chi connectivity index (χ4v) is 4.53. The average molecular weight is 492 g/mol. The maximum Gasteiger partial charge on any atom is 0.326 e. The molecule has 3 rings (SSSR count).